The van der Waals surface area contributed by atoms with Gasteiger partial charge in [0.15, 0.2) is 0 Å². The minimum absolute atomic E-state index is 0.0374. The normalized spacial score (nSPS) is 20.8. The van der Waals surface area contributed by atoms with Crippen molar-refractivity contribution < 1.29 is 23.7 Å². The van der Waals surface area contributed by atoms with Crippen molar-refractivity contribution in [2.24, 2.45) is 0 Å². The lowest BCUT2D eigenvalue weighted by atomic mass is 10.1. The number of ether oxygens (including phenoxy) is 1. The zero-order valence-electron chi connectivity index (χ0n) is 19.0. The number of fused-ring (bicyclic) bond motifs is 1. The zero-order chi connectivity index (χ0) is 24.1. The molecule has 0 aromatic heterocycles. The maximum atomic E-state index is 13.4. The van der Waals surface area contributed by atoms with E-state index >= 15 is 0 Å². The van der Waals surface area contributed by atoms with Gasteiger partial charge in [-0.25, -0.2) is 4.79 Å². The van der Waals surface area contributed by atoms with E-state index in [1.54, 1.807) is 11.7 Å². The van der Waals surface area contributed by atoms with Crippen LogP contribution in [-0.2, 0) is 14.4 Å². The summed E-state index contributed by atoms with van der Waals surface area (Å²) >= 11 is 4.97. The molecular formula is C25H27BrN3O4S+. The van der Waals surface area contributed by atoms with E-state index in [1.165, 1.54) is 11.8 Å². The molecule has 2 aliphatic heterocycles. The number of hydrogen-bond acceptors (Lipinski definition) is 5. The van der Waals surface area contributed by atoms with Crippen LogP contribution in [0.1, 0.15) is 24.8 Å². The van der Waals surface area contributed by atoms with Gasteiger partial charge in [0.25, 0.3) is 5.91 Å². The molecule has 9 heteroatoms. The highest BCUT2D eigenvalue weighted by atomic mass is 79.9. The highest BCUT2D eigenvalue weighted by Crippen LogP contribution is 2.34. The fourth-order valence-electron chi connectivity index (χ4n) is 4.11. The first-order valence-corrected chi connectivity index (χ1v) is 12.9. The van der Waals surface area contributed by atoms with Crippen LogP contribution >= 0.6 is 27.7 Å². The number of thioether (sulfide) groups is 1. The van der Waals surface area contributed by atoms with Gasteiger partial charge >= 0.3 is 5.91 Å². The molecular weight excluding hydrogens is 518 g/mol. The molecule has 3 aliphatic rings. The maximum absolute atomic E-state index is 13.4. The molecule has 1 saturated heterocycles. The van der Waals surface area contributed by atoms with E-state index in [2.05, 4.69) is 21.2 Å². The third kappa shape index (κ3) is 5.70. The van der Waals surface area contributed by atoms with E-state index in [4.69, 9.17) is 4.74 Å². The molecule has 1 aromatic rings. The van der Waals surface area contributed by atoms with E-state index < -0.39 is 0 Å². The van der Waals surface area contributed by atoms with E-state index in [-0.39, 0.29) is 29.5 Å². The van der Waals surface area contributed by atoms with Gasteiger partial charge in [-0.1, -0.05) is 36.1 Å². The topological polar surface area (TPSA) is 78.7 Å². The quantitative estimate of drug-likeness (QED) is 0.309. The van der Waals surface area contributed by atoms with Gasteiger partial charge in [0, 0.05) is 32.1 Å². The molecule has 0 bridgehead atoms. The Balaban J connectivity index is 1.44. The van der Waals surface area contributed by atoms with Gasteiger partial charge < -0.3 is 15.0 Å². The van der Waals surface area contributed by atoms with Crippen LogP contribution in [0.5, 0.6) is 5.75 Å². The Bertz CT molecular complexity index is 1130. The first-order valence-electron chi connectivity index (χ1n) is 11.3. The summed E-state index contributed by atoms with van der Waals surface area (Å²) in [6, 6.07) is 5.64. The number of carbonyl (C=O) groups is 3. The highest BCUT2D eigenvalue weighted by molar-refractivity contribution is 9.10. The third-order valence-corrected chi connectivity index (χ3v) is 7.67. The maximum Gasteiger partial charge on any atom is 0.426 e. The molecule has 1 unspecified atom stereocenters. The van der Waals surface area contributed by atoms with Gasteiger partial charge in [0.1, 0.15) is 15.9 Å². The van der Waals surface area contributed by atoms with E-state index in [1.807, 2.05) is 53.5 Å². The van der Waals surface area contributed by atoms with Gasteiger partial charge in [-0.05, 0) is 52.5 Å². The van der Waals surface area contributed by atoms with Crippen LogP contribution in [0.4, 0.5) is 0 Å². The molecule has 4 rings (SSSR count). The number of methoxy groups -OCH3 is 1. The van der Waals surface area contributed by atoms with Crippen LogP contribution in [0.15, 0.2) is 51.9 Å². The van der Waals surface area contributed by atoms with Crippen molar-refractivity contribution in [3.63, 3.8) is 0 Å². The number of likely N-dealkylation sites (tertiary alicyclic amines) is 1. The smallest absolute Gasteiger partial charge is 0.426 e. The molecule has 0 saturated carbocycles. The van der Waals surface area contributed by atoms with Crippen LogP contribution in [0.25, 0.3) is 6.08 Å². The number of nitrogens with one attached hydrogen (secondary N) is 1. The SMILES string of the molecule is COc1ccc(/C=C2\SC3C=CC=CC3=[N+](CC(=O)NCCCN3CCCC3=O)C2=O)cc1Br. The zero-order valence-corrected chi connectivity index (χ0v) is 21.4. The lowest BCUT2D eigenvalue weighted by Gasteiger charge is -2.21. The average Bonchev–Trinajstić information content (AvgIpc) is 3.24. The Hall–Kier alpha value is -2.65. The fraction of sp³-hybridized carbons (Fsp3) is 0.360. The van der Waals surface area contributed by atoms with Gasteiger partial charge in [-0.2, -0.15) is 0 Å². The third-order valence-electron chi connectivity index (χ3n) is 5.85. The second-order valence-corrected chi connectivity index (χ2v) is 10.2. The van der Waals surface area contributed by atoms with Crippen LogP contribution in [0, 0.1) is 0 Å². The Labute approximate surface area is 211 Å². The molecule has 178 valence electrons. The van der Waals surface area contributed by atoms with Crippen LogP contribution in [-0.4, -0.2) is 71.4 Å². The van der Waals surface area contributed by atoms with Crippen molar-refractivity contribution >= 4 is 57.2 Å². The van der Waals surface area contributed by atoms with E-state index in [9.17, 15) is 14.4 Å². The summed E-state index contributed by atoms with van der Waals surface area (Å²) in [7, 11) is 1.61. The number of hydrogen-bond donors (Lipinski definition) is 1. The molecule has 1 aromatic carbocycles. The monoisotopic (exact) mass is 544 g/mol. The lowest BCUT2D eigenvalue weighted by molar-refractivity contribution is -0.434. The minimum Gasteiger partial charge on any atom is -0.496 e. The van der Waals surface area contributed by atoms with Crippen molar-refractivity contribution in [3.05, 3.63) is 57.4 Å². The number of allylic oxidation sites excluding steroid dienone is 3. The van der Waals surface area contributed by atoms with Crippen LogP contribution < -0.4 is 10.1 Å². The first-order chi connectivity index (χ1) is 16.5. The van der Waals surface area contributed by atoms with Gasteiger partial charge in [-0.3, -0.25) is 9.59 Å². The Morgan fingerprint density at radius 1 is 1.35 bits per heavy atom. The largest absolute Gasteiger partial charge is 0.496 e. The van der Waals surface area contributed by atoms with E-state index in [0.717, 1.165) is 28.7 Å². The second kappa shape index (κ2) is 11.2. The molecule has 1 atom stereocenters. The second-order valence-electron chi connectivity index (χ2n) is 8.19. The Morgan fingerprint density at radius 3 is 2.94 bits per heavy atom. The van der Waals surface area contributed by atoms with Crippen LogP contribution in [0.2, 0.25) is 0 Å². The van der Waals surface area contributed by atoms with Gasteiger partial charge in [-0.15, -0.1) is 4.58 Å². The summed E-state index contributed by atoms with van der Waals surface area (Å²) in [5.74, 6) is 0.494. The fourth-order valence-corrected chi connectivity index (χ4v) is 5.86. The predicted molar refractivity (Wildman–Crippen MR) is 137 cm³/mol. The summed E-state index contributed by atoms with van der Waals surface area (Å²) in [6.07, 6.45) is 11.8. The number of amides is 3. The van der Waals surface area contributed by atoms with Crippen molar-refractivity contribution in [1.82, 2.24) is 10.2 Å². The molecule has 1 aliphatic carbocycles. The highest BCUT2D eigenvalue weighted by Gasteiger charge is 2.39. The summed E-state index contributed by atoms with van der Waals surface area (Å²) in [4.78, 5) is 40.2. The summed E-state index contributed by atoms with van der Waals surface area (Å²) in [5, 5.41) is 2.86. The minimum atomic E-state index is -0.214. The number of benzene rings is 1. The van der Waals surface area contributed by atoms with E-state index in [0.29, 0.717) is 36.6 Å². The number of rotatable bonds is 8. The summed E-state index contributed by atoms with van der Waals surface area (Å²) in [5.41, 5.74) is 1.67. The molecule has 0 spiro atoms. The van der Waals surface area contributed by atoms with Gasteiger partial charge in [0.2, 0.25) is 18.2 Å². The van der Waals surface area contributed by atoms with Crippen LogP contribution in [0.3, 0.4) is 0 Å². The first kappa shape index (κ1) is 24.5. The lowest BCUT2D eigenvalue weighted by Crippen LogP contribution is -2.43. The van der Waals surface area contributed by atoms with Crippen molar-refractivity contribution in [2.75, 3.05) is 33.3 Å². The summed E-state index contributed by atoms with van der Waals surface area (Å²) in [6.45, 7) is 1.87. The molecule has 3 amide bonds. The molecule has 7 nitrogen and oxygen atoms in total. The molecule has 2 heterocycles. The van der Waals surface area contributed by atoms with Crippen molar-refractivity contribution in [3.8, 4) is 5.75 Å². The Morgan fingerprint density at radius 2 is 2.21 bits per heavy atom. The number of nitrogens with zero attached hydrogens (tertiary/aromatic N) is 2. The molecule has 1 N–H and O–H groups in total. The predicted octanol–water partition coefficient (Wildman–Crippen LogP) is 3.15. The molecule has 1 fully saturated rings. The Kier molecular flexibility index (Phi) is 8.05. The van der Waals surface area contributed by atoms with Crippen molar-refractivity contribution in [1.29, 1.82) is 0 Å². The standard InChI is InChI=1S/C25H26BrN3O4S/c1-33-20-10-9-17(14-18(20)26)15-22-25(32)29(19-6-2-3-7-21(19)34-22)16-23(30)27-11-5-13-28-12-4-8-24(28)31/h2-3,6-7,9-10,14-15,21H,4-5,8,11-13,16H2,1H3/p+1/b22-15-. The van der Waals surface area contributed by atoms with Gasteiger partial charge in [0.05, 0.1) is 11.6 Å². The number of carbonyl (C=O) groups excluding carboxylic acids is 3. The number of halogens is 1. The molecule has 0 radical (unpaired) electrons. The molecule has 34 heavy (non-hydrogen) atoms. The average molecular weight is 545 g/mol. The van der Waals surface area contributed by atoms with Crippen molar-refractivity contribution in [2.45, 2.75) is 24.5 Å². The summed E-state index contributed by atoms with van der Waals surface area (Å²) < 4.78 is 7.65.